The highest BCUT2D eigenvalue weighted by molar-refractivity contribution is 5.86. The maximum absolute atomic E-state index is 10.7. The van der Waals surface area contributed by atoms with Crippen LogP contribution in [0.5, 0.6) is 0 Å². The molecule has 0 spiro atoms. The molecule has 3 heteroatoms. The third-order valence-corrected chi connectivity index (χ3v) is 0.419. The number of hydrogen-bond acceptors (Lipinski definition) is 2. The molecule has 2 nitrogen and oxygen atoms in total. The zero-order valence-electron chi connectivity index (χ0n) is 3.90. The Labute approximate surface area is 40.5 Å². The molecule has 0 aliphatic heterocycles. The predicted octanol–water partition coefficient (Wildman–Crippen LogP) is 0.990. The smallest absolute Gasteiger partial charge is 0.250 e. The van der Waals surface area contributed by atoms with Crippen molar-refractivity contribution in [2.45, 2.75) is 6.92 Å². The molecule has 0 bridgehead atoms. The first-order valence-corrected chi connectivity index (χ1v) is 1.67. The van der Waals surface area contributed by atoms with Crippen molar-refractivity contribution in [3.05, 3.63) is 12.2 Å². The topological polar surface area (TPSA) is 26.3 Å². The Hall–Kier alpha value is -0.860. The SMILES string of the molecule is C=C(C)C(=O)OF. The zero-order valence-corrected chi connectivity index (χ0v) is 3.90. The number of hydrogen-bond donors (Lipinski definition) is 0. The van der Waals surface area contributed by atoms with E-state index < -0.39 is 5.97 Å². The molecule has 0 atom stereocenters. The van der Waals surface area contributed by atoms with Gasteiger partial charge in [-0.3, -0.25) is 0 Å². The Balaban J connectivity index is 3.58. The van der Waals surface area contributed by atoms with Crippen LogP contribution in [-0.4, -0.2) is 5.97 Å². The van der Waals surface area contributed by atoms with Gasteiger partial charge >= 0.3 is 5.97 Å². The molecule has 0 fully saturated rings. The van der Waals surface area contributed by atoms with E-state index in [4.69, 9.17) is 0 Å². The first-order chi connectivity index (χ1) is 3.18. The molecule has 0 aliphatic rings. The second kappa shape index (κ2) is 2.34. The normalized spacial score (nSPS) is 7.71. The summed E-state index contributed by atoms with van der Waals surface area (Å²) in [6, 6.07) is 0. The maximum atomic E-state index is 10.7. The van der Waals surface area contributed by atoms with Gasteiger partial charge in [0.1, 0.15) is 0 Å². The van der Waals surface area contributed by atoms with Gasteiger partial charge in [-0.05, 0) is 6.92 Å². The number of halogens is 1. The fourth-order valence-corrected chi connectivity index (χ4v) is 0.0659. The molecule has 7 heavy (non-hydrogen) atoms. The van der Waals surface area contributed by atoms with Gasteiger partial charge in [-0.25, -0.2) is 9.74 Å². The van der Waals surface area contributed by atoms with Crippen molar-refractivity contribution < 1.29 is 14.3 Å². The van der Waals surface area contributed by atoms with E-state index >= 15 is 0 Å². The summed E-state index contributed by atoms with van der Waals surface area (Å²) < 4.78 is 10.7. The summed E-state index contributed by atoms with van der Waals surface area (Å²) in [5.41, 5.74) is 0.0579. The van der Waals surface area contributed by atoms with Crippen LogP contribution in [-0.2, 0) is 9.74 Å². The summed E-state index contributed by atoms with van der Waals surface area (Å²) in [5.74, 6) is -1.01. The van der Waals surface area contributed by atoms with Crippen LogP contribution < -0.4 is 0 Å². The second-order valence-electron chi connectivity index (χ2n) is 1.14. The first-order valence-electron chi connectivity index (χ1n) is 1.67. The van der Waals surface area contributed by atoms with Crippen LogP contribution in [0.15, 0.2) is 12.2 Å². The van der Waals surface area contributed by atoms with Crippen molar-refractivity contribution in [2.75, 3.05) is 0 Å². The van der Waals surface area contributed by atoms with Crippen LogP contribution in [0.2, 0.25) is 0 Å². The quantitative estimate of drug-likeness (QED) is 0.463. The Kier molecular flexibility index (Phi) is 2.05. The second-order valence-corrected chi connectivity index (χ2v) is 1.14. The van der Waals surface area contributed by atoms with Crippen molar-refractivity contribution >= 4 is 5.97 Å². The van der Waals surface area contributed by atoms with Crippen molar-refractivity contribution in [2.24, 2.45) is 0 Å². The number of carbonyl (C=O) groups excluding carboxylic acids is 1. The maximum Gasteiger partial charge on any atom is 0.374 e. The first kappa shape index (κ1) is 6.14. The zero-order chi connectivity index (χ0) is 5.86. The lowest BCUT2D eigenvalue weighted by Gasteiger charge is -1.84. The molecule has 0 unspecified atom stereocenters. The molecule has 0 amide bonds. The highest BCUT2D eigenvalue weighted by Gasteiger charge is 1.99. The molecule has 0 aromatic carbocycles. The molecule has 0 radical (unpaired) electrons. The lowest BCUT2D eigenvalue weighted by molar-refractivity contribution is -0.178. The lowest BCUT2D eigenvalue weighted by Crippen LogP contribution is -1.95. The molecule has 0 aromatic rings. The average Bonchev–Trinajstić information content (AvgIpc) is 1.65. The van der Waals surface area contributed by atoms with Crippen LogP contribution in [0.3, 0.4) is 0 Å². The van der Waals surface area contributed by atoms with E-state index in [9.17, 15) is 9.32 Å². The van der Waals surface area contributed by atoms with Gasteiger partial charge in [0, 0.05) is 10.1 Å². The highest BCUT2D eigenvalue weighted by atomic mass is 19.3. The molecular formula is C4H5FO2. The summed E-state index contributed by atoms with van der Waals surface area (Å²) in [4.78, 5) is 12.6. The van der Waals surface area contributed by atoms with Crippen LogP contribution in [0.1, 0.15) is 6.92 Å². The molecule has 0 saturated carbocycles. The van der Waals surface area contributed by atoms with Gasteiger partial charge in [0.15, 0.2) is 0 Å². The van der Waals surface area contributed by atoms with E-state index in [2.05, 4.69) is 11.5 Å². The van der Waals surface area contributed by atoms with E-state index in [1.807, 2.05) is 0 Å². The fraction of sp³-hybridized carbons (Fsp3) is 0.250. The largest absolute Gasteiger partial charge is 0.374 e. The van der Waals surface area contributed by atoms with E-state index in [0.29, 0.717) is 0 Å². The van der Waals surface area contributed by atoms with Crippen LogP contribution >= 0.6 is 0 Å². The Bertz CT molecular complexity index is 97.9. The summed E-state index contributed by atoms with van der Waals surface area (Å²) in [5, 5.41) is 0. The molecule has 40 valence electrons. The van der Waals surface area contributed by atoms with Gasteiger partial charge in [-0.1, -0.05) is 6.58 Å². The van der Waals surface area contributed by atoms with Gasteiger partial charge in [-0.2, -0.15) is 0 Å². The average molecular weight is 104 g/mol. The van der Waals surface area contributed by atoms with Gasteiger partial charge in [0.25, 0.3) is 0 Å². The Morgan fingerprint density at radius 1 is 1.86 bits per heavy atom. The minimum atomic E-state index is -1.01. The van der Waals surface area contributed by atoms with Gasteiger partial charge in [0.05, 0.1) is 0 Å². The minimum Gasteiger partial charge on any atom is -0.250 e. The van der Waals surface area contributed by atoms with Crippen LogP contribution in [0.25, 0.3) is 0 Å². The summed E-state index contributed by atoms with van der Waals surface area (Å²) >= 11 is 0. The number of rotatable bonds is 1. The summed E-state index contributed by atoms with van der Waals surface area (Å²) in [7, 11) is 0. The molecule has 0 saturated heterocycles. The predicted molar refractivity (Wildman–Crippen MR) is 22.0 cm³/mol. The van der Waals surface area contributed by atoms with E-state index in [1.54, 1.807) is 0 Å². The highest BCUT2D eigenvalue weighted by Crippen LogP contribution is 1.89. The van der Waals surface area contributed by atoms with E-state index in [0.717, 1.165) is 0 Å². The van der Waals surface area contributed by atoms with Gasteiger partial charge < -0.3 is 0 Å². The molecular weight excluding hydrogens is 99.0 g/mol. The third kappa shape index (κ3) is 1.92. The Morgan fingerprint density at radius 3 is 2.29 bits per heavy atom. The summed E-state index contributed by atoms with van der Waals surface area (Å²) in [6.45, 7) is 4.47. The molecule has 0 aliphatic carbocycles. The van der Waals surface area contributed by atoms with Crippen molar-refractivity contribution in [3.63, 3.8) is 0 Å². The van der Waals surface area contributed by atoms with Crippen LogP contribution in [0, 0.1) is 0 Å². The van der Waals surface area contributed by atoms with Crippen molar-refractivity contribution in [3.8, 4) is 0 Å². The summed E-state index contributed by atoms with van der Waals surface area (Å²) in [6.07, 6.45) is 0. The van der Waals surface area contributed by atoms with Crippen molar-refractivity contribution in [1.82, 2.24) is 0 Å². The fourth-order valence-electron chi connectivity index (χ4n) is 0.0659. The van der Waals surface area contributed by atoms with Gasteiger partial charge in [0.2, 0.25) is 0 Å². The van der Waals surface area contributed by atoms with E-state index in [-0.39, 0.29) is 5.57 Å². The minimum absolute atomic E-state index is 0.0579. The molecule has 0 N–H and O–H groups in total. The Morgan fingerprint density at radius 2 is 2.29 bits per heavy atom. The van der Waals surface area contributed by atoms with Crippen LogP contribution in [0.4, 0.5) is 4.53 Å². The van der Waals surface area contributed by atoms with E-state index in [1.165, 1.54) is 6.92 Å². The molecule has 0 heterocycles. The lowest BCUT2D eigenvalue weighted by atomic mass is 10.4. The van der Waals surface area contributed by atoms with Gasteiger partial charge in [-0.15, -0.1) is 0 Å². The standard InChI is InChI=1S/C4H5FO2/c1-3(2)4(6)7-5/h1H2,2H3. The molecule has 0 rings (SSSR count). The monoisotopic (exact) mass is 104 g/mol. The number of carbonyl (C=O) groups is 1. The molecule has 0 aromatic heterocycles. The van der Waals surface area contributed by atoms with Crippen molar-refractivity contribution in [1.29, 1.82) is 0 Å². The third-order valence-electron chi connectivity index (χ3n) is 0.419.